The van der Waals surface area contributed by atoms with Gasteiger partial charge in [0.25, 0.3) is 0 Å². The van der Waals surface area contributed by atoms with Gasteiger partial charge in [-0.2, -0.15) is 0 Å². The van der Waals surface area contributed by atoms with Gasteiger partial charge in [0.15, 0.2) is 0 Å². The van der Waals surface area contributed by atoms with Crippen molar-refractivity contribution in [3.8, 4) is 0 Å². The first-order valence-corrected chi connectivity index (χ1v) is 5.98. The summed E-state index contributed by atoms with van der Waals surface area (Å²) in [7, 11) is 0. The molecule has 1 saturated heterocycles. The maximum absolute atomic E-state index is 10.8. The van der Waals surface area contributed by atoms with Gasteiger partial charge in [-0.25, -0.2) is 4.79 Å². The fourth-order valence-electron chi connectivity index (χ4n) is 2.29. The van der Waals surface area contributed by atoms with Crippen LogP contribution in [0.2, 0.25) is 0 Å². The quantitative estimate of drug-likeness (QED) is 0.839. The molecule has 1 aromatic rings. The third-order valence-electron chi connectivity index (χ3n) is 3.34. The highest BCUT2D eigenvalue weighted by molar-refractivity contribution is 5.65. The summed E-state index contributed by atoms with van der Waals surface area (Å²) >= 11 is 0. The molecule has 0 bridgehead atoms. The number of hydrogen-bond acceptors (Lipinski definition) is 3. The zero-order valence-corrected chi connectivity index (χ0v) is 10.2. The van der Waals surface area contributed by atoms with Gasteiger partial charge in [0.2, 0.25) is 0 Å². The first-order chi connectivity index (χ1) is 8.61. The van der Waals surface area contributed by atoms with Crippen LogP contribution < -0.4 is 5.73 Å². The van der Waals surface area contributed by atoms with Crippen molar-refractivity contribution in [2.75, 3.05) is 18.8 Å². The molecular formula is C13H17N3O2. The van der Waals surface area contributed by atoms with Gasteiger partial charge >= 0.3 is 6.09 Å². The van der Waals surface area contributed by atoms with Crippen molar-refractivity contribution in [2.24, 2.45) is 0 Å². The lowest BCUT2D eigenvalue weighted by molar-refractivity contribution is 0.132. The molecule has 0 atom stereocenters. The molecule has 0 aliphatic carbocycles. The SMILES string of the molecule is C=Cc1ccc(N)c(C2CCN(C(=O)O)CC2)n1. The Hall–Kier alpha value is -2.04. The smallest absolute Gasteiger partial charge is 0.407 e. The molecule has 0 saturated carbocycles. The Morgan fingerprint density at radius 3 is 2.72 bits per heavy atom. The van der Waals surface area contributed by atoms with Gasteiger partial charge in [0.05, 0.1) is 17.1 Å². The van der Waals surface area contributed by atoms with E-state index in [0.717, 1.165) is 24.2 Å². The second-order valence-electron chi connectivity index (χ2n) is 4.46. The van der Waals surface area contributed by atoms with E-state index in [0.29, 0.717) is 18.8 Å². The number of anilines is 1. The summed E-state index contributed by atoms with van der Waals surface area (Å²) in [5.41, 5.74) is 8.30. The molecular weight excluding hydrogens is 230 g/mol. The number of nitrogens with two attached hydrogens (primary N) is 1. The van der Waals surface area contributed by atoms with Crippen molar-refractivity contribution in [3.63, 3.8) is 0 Å². The number of hydrogen-bond donors (Lipinski definition) is 2. The Kier molecular flexibility index (Phi) is 3.50. The Bertz CT molecular complexity index is 465. The van der Waals surface area contributed by atoms with E-state index >= 15 is 0 Å². The van der Waals surface area contributed by atoms with E-state index in [9.17, 15) is 4.79 Å². The van der Waals surface area contributed by atoms with Crippen LogP contribution in [0.1, 0.15) is 30.1 Å². The molecule has 2 rings (SSSR count). The van der Waals surface area contributed by atoms with E-state index in [4.69, 9.17) is 10.8 Å². The second kappa shape index (κ2) is 5.08. The highest BCUT2D eigenvalue weighted by Crippen LogP contribution is 2.30. The molecule has 2 heterocycles. The number of nitrogens with zero attached hydrogens (tertiary/aromatic N) is 2. The molecule has 96 valence electrons. The average Bonchev–Trinajstić information content (AvgIpc) is 2.39. The van der Waals surface area contributed by atoms with Crippen LogP contribution in [0.4, 0.5) is 10.5 Å². The molecule has 1 aliphatic rings. The second-order valence-corrected chi connectivity index (χ2v) is 4.46. The van der Waals surface area contributed by atoms with Gasteiger partial charge in [0, 0.05) is 19.0 Å². The van der Waals surface area contributed by atoms with Crippen LogP contribution in [-0.4, -0.2) is 34.2 Å². The van der Waals surface area contributed by atoms with Crippen LogP contribution >= 0.6 is 0 Å². The lowest BCUT2D eigenvalue weighted by atomic mass is 9.92. The van der Waals surface area contributed by atoms with E-state index in [-0.39, 0.29) is 5.92 Å². The van der Waals surface area contributed by atoms with Gasteiger partial charge < -0.3 is 15.7 Å². The standard InChI is InChI=1S/C13H17N3O2/c1-2-10-3-4-11(14)12(15-10)9-5-7-16(8-6-9)13(17)18/h2-4,9H,1,5-8,14H2,(H,17,18). The molecule has 5 heteroatoms. The van der Waals surface area contributed by atoms with Crippen molar-refractivity contribution in [1.29, 1.82) is 0 Å². The predicted octanol–water partition coefficient (Wildman–Crippen LogP) is 2.16. The van der Waals surface area contributed by atoms with Crippen LogP contribution in [0, 0.1) is 0 Å². The molecule has 1 aliphatic heterocycles. The maximum Gasteiger partial charge on any atom is 0.407 e. The summed E-state index contributed by atoms with van der Waals surface area (Å²) in [4.78, 5) is 16.7. The first-order valence-electron chi connectivity index (χ1n) is 5.98. The number of likely N-dealkylation sites (tertiary alicyclic amines) is 1. The van der Waals surface area contributed by atoms with Crippen molar-refractivity contribution in [1.82, 2.24) is 9.88 Å². The van der Waals surface area contributed by atoms with Gasteiger partial charge in [-0.05, 0) is 31.1 Å². The van der Waals surface area contributed by atoms with Crippen LogP contribution in [-0.2, 0) is 0 Å². The normalized spacial score (nSPS) is 16.6. The molecule has 3 N–H and O–H groups in total. The molecule has 0 radical (unpaired) electrons. The maximum atomic E-state index is 10.8. The van der Waals surface area contributed by atoms with Crippen molar-refractivity contribution >= 4 is 17.9 Å². The van der Waals surface area contributed by atoms with Crippen LogP contribution in [0.25, 0.3) is 6.08 Å². The Morgan fingerprint density at radius 2 is 2.17 bits per heavy atom. The van der Waals surface area contributed by atoms with Crippen molar-refractivity contribution in [2.45, 2.75) is 18.8 Å². The van der Waals surface area contributed by atoms with E-state index in [2.05, 4.69) is 11.6 Å². The summed E-state index contributed by atoms with van der Waals surface area (Å²) in [6.45, 7) is 4.78. The highest BCUT2D eigenvalue weighted by Gasteiger charge is 2.25. The summed E-state index contributed by atoms with van der Waals surface area (Å²) in [5, 5.41) is 8.90. The number of rotatable bonds is 2. The molecule has 1 aromatic heterocycles. The third-order valence-corrected chi connectivity index (χ3v) is 3.34. The van der Waals surface area contributed by atoms with E-state index in [1.54, 1.807) is 6.08 Å². The zero-order valence-electron chi connectivity index (χ0n) is 10.2. The molecule has 0 spiro atoms. The summed E-state index contributed by atoms with van der Waals surface area (Å²) in [6.07, 6.45) is 2.37. The van der Waals surface area contributed by atoms with Crippen LogP contribution in [0.3, 0.4) is 0 Å². The summed E-state index contributed by atoms with van der Waals surface area (Å²) in [6, 6.07) is 3.67. The van der Waals surface area contributed by atoms with Crippen LogP contribution in [0.5, 0.6) is 0 Å². The molecule has 1 amide bonds. The first kappa shape index (κ1) is 12.4. The minimum Gasteiger partial charge on any atom is -0.465 e. The average molecular weight is 247 g/mol. The highest BCUT2D eigenvalue weighted by atomic mass is 16.4. The fourth-order valence-corrected chi connectivity index (χ4v) is 2.29. The molecule has 5 nitrogen and oxygen atoms in total. The fraction of sp³-hybridized carbons (Fsp3) is 0.385. The predicted molar refractivity (Wildman–Crippen MR) is 70.3 cm³/mol. The number of piperidine rings is 1. The number of aromatic nitrogens is 1. The van der Waals surface area contributed by atoms with Crippen molar-refractivity contribution < 1.29 is 9.90 Å². The number of nitrogen functional groups attached to an aromatic ring is 1. The molecule has 0 aromatic carbocycles. The number of carboxylic acid groups (broad SMARTS) is 1. The minimum atomic E-state index is -0.853. The lowest BCUT2D eigenvalue weighted by Gasteiger charge is -2.30. The van der Waals surface area contributed by atoms with Crippen LogP contribution in [0.15, 0.2) is 18.7 Å². The van der Waals surface area contributed by atoms with E-state index in [1.807, 2.05) is 12.1 Å². The van der Waals surface area contributed by atoms with Gasteiger partial charge in [-0.15, -0.1) is 0 Å². The summed E-state index contributed by atoms with van der Waals surface area (Å²) in [5.74, 6) is 0.237. The van der Waals surface area contributed by atoms with Gasteiger partial charge in [-0.3, -0.25) is 4.98 Å². The minimum absolute atomic E-state index is 0.237. The monoisotopic (exact) mass is 247 g/mol. The Morgan fingerprint density at radius 1 is 1.50 bits per heavy atom. The van der Waals surface area contributed by atoms with E-state index in [1.165, 1.54) is 4.90 Å². The third kappa shape index (κ3) is 2.45. The van der Waals surface area contributed by atoms with Gasteiger partial charge in [-0.1, -0.05) is 6.58 Å². The largest absolute Gasteiger partial charge is 0.465 e. The molecule has 18 heavy (non-hydrogen) atoms. The molecule has 0 unspecified atom stereocenters. The number of pyridine rings is 1. The molecule has 1 fully saturated rings. The van der Waals surface area contributed by atoms with E-state index < -0.39 is 6.09 Å². The lowest BCUT2D eigenvalue weighted by Crippen LogP contribution is -2.37. The zero-order chi connectivity index (χ0) is 13.1. The topological polar surface area (TPSA) is 79.5 Å². The van der Waals surface area contributed by atoms with Gasteiger partial charge in [0.1, 0.15) is 0 Å². The Labute approximate surface area is 106 Å². The van der Waals surface area contributed by atoms with Crippen molar-refractivity contribution in [3.05, 3.63) is 30.1 Å². The number of carbonyl (C=O) groups is 1. The summed E-state index contributed by atoms with van der Waals surface area (Å²) < 4.78 is 0. The number of amides is 1. The Balaban J connectivity index is 2.14.